The van der Waals surface area contributed by atoms with Crippen LogP contribution in [-0.2, 0) is 9.47 Å². The predicted octanol–water partition coefficient (Wildman–Crippen LogP) is 0.966. The zero-order valence-corrected chi connectivity index (χ0v) is 9.43. The SMILES string of the molecule is NNC(C1CCOC2(CCOC2)C1)C(F)(F)F. The number of hydrazine groups is 1. The molecule has 2 fully saturated rings. The Bertz CT molecular complexity index is 267. The van der Waals surface area contributed by atoms with E-state index in [0.717, 1.165) is 0 Å². The third-order valence-corrected chi connectivity index (χ3v) is 3.60. The van der Waals surface area contributed by atoms with Gasteiger partial charge in [0.25, 0.3) is 0 Å². The number of hydrogen-bond donors (Lipinski definition) is 2. The van der Waals surface area contributed by atoms with Gasteiger partial charge in [-0.25, -0.2) is 5.43 Å². The normalized spacial score (nSPS) is 36.4. The molecule has 0 amide bonds. The van der Waals surface area contributed by atoms with Crippen molar-refractivity contribution in [3.63, 3.8) is 0 Å². The van der Waals surface area contributed by atoms with Crippen LogP contribution in [0.1, 0.15) is 19.3 Å². The smallest absolute Gasteiger partial charge is 0.378 e. The molecule has 2 rings (SSSR count). The lowest BCUT2D eigenvalue weighted by atomic mass is 9.81. The van der Waals surface area contributed by atoms with Crippen molar-refractivity contribution in [3.8, 4) is 0 Å². The molecule has 2 aliphatic heterocycles. The van der Waals surface area contributed by atoms with Gasteiger partial charge in [0.2, 0.25) is 0 Å². The standard InChI is InChI=1S/C10H17F3N2O2/c11-10(12,13)8(15-14)7-1-3-17-9(5-7)2-4-16-6-9/h7-8,15H,1-6,14H2. The molecule has 2 aliphatic rings. The minimum Gasteiger partial charge on any atom is -0.378 e. The lowest BCUT2D eigenvalue weighted by Crippen LogP contribution is -2.55. The third kappa shape index (κ3) is 2.73. The molecule has 100 valence electrons. The van der Waals surface area contributed by atoms with Crippen LogP contribution in [0.3, 0.4) is 0 Å². The fraction of sp³-hybridized carbons (Fsp3) is 1.00. The predicted molar refractivity (Wildman–Crippen MR) is 54.0 cm³/mol. The van der Waals surface area contributed by atoms with Crippen LogP contribution in [0, 0.1) is 5.92 Å². The Hall–Kier alpha value is -0.370. The molecule has 0 aliphatic carbocycles. The summed E-state index contributed by atoms with van der Waals surface area (Å²) in [5, 5.41) is 0. The molecular weight excluding hydrogens is 237 g/mol. The number of nitrogens with two attached hydrogens (primary N) is 1. The summed E-state index contributed by atoms with van der Waals surface area (Å²) in [7, 11) is 0. The monoisotopic (exact) mass is 254 g/mol. The summed E-state index contributed by atoms with van der Waals surface area (Å²) in [6, 6.07) is -1.66. The maximum atomic E-state index is 12.8. The van der Waals surface area contributed by atoms with E-state index in [1.165, 1.54) is 0 Å². The minimum atomic E-state index is -4.32. The van der Waals surface area contributed by atoms with Gasteiger partial charge in [0, 0.05) is 19.6 Å². The molecule has 0 aromatic carbocycles. The van der Waals surface area contributed by atoms with Gasteiger partial charge in [0.05, 0.1) is 12.2 Å². The van der Waals surface area contributed by atoms with Gasteiger partial charge in [-0.3, -0.25) is 5.84 Å². The number of ether oxygens (including phenoxy) is 2. The molecule has 0 bridgehead atoms. The number of hydrogen-bond acceptors (Lipinski definition) is 4. The van der Waals surface area contributed by atoms with E-state index in [1.54, 1.807) is 0 Å². The third-order valence-electron chi connectivity index (χ3n) is 3.60. The molecule has 7 heteroatoms. The van der Waals surface area contributed by atoms with Crippen LogP contribution in [0.5, 0.6) is 0 Å². The zero-order valence-electron chi connectivity index (χ0n) is 9.43. The molecule has 3 N–H and O–H groups in total. The second kappa shape index (κ2) is 4.72. The van der Waals surface area contributed by atoms with E-state index in [1.807, 2.05) is 5.43 Å². The van der Waals surface area contributed by atoms with Gasteiger partial charge in [-0.15, -0.1) is 0 Å². The lowest BCUT2D eigenvalue weighted by Gasteiger charge is -2.40. The van der Waals surface area contributed by atoms with Crippen molar-refractivity contribution in [2.45, 2.75) is 37.1 Å². The van der Waals surface area contributed by atoms with Crippen molar-refractivity contribution < 1.29 is 22.6 Å². The van der Waals surface area contributed by atoms with Crippen molar-refractivity contribution in [2.24, 2.45) is 11.8 Å². The van der Waals surface area contributed by atoms with E-state index < -0.39 is 23.7 Å². The van der Waals surface area contributed by atoms with Crippen LogP contribution in [0.15, 0.2) is 0 Å². The molecule has 2 saturated heterocycles. The first-order valence-electron chi connectivity index (χ1n) is 5.71. The summed E-state index contributed by atoms with van der Waals surface area (Å²) in [5.74, 6) is 4.49. The average molecular weight is 254 g/mol. The van der Waals surface area contributed by atoms with Gasteiger partial charge < -0.3 is 9.47 Å². The van der Waals surface area contributed by atoms with Crippen LogP contribution >= 0.6 is 0 Å². The van der Waals surface area contributed by atoms with E-state index in [-0.39, 0.29) is 0 Å². The molecule has 17 heavy (non-hydrogen) atoms. The molecule has 0 aromatic rings. The highest BCUT2D eigenvalue weighted by Crippen LogP contribution is 2.40. The van der Waals surface area contributed by atoms with Crippen molar-refractivity contribution in [3.05, 3.63) is 0 Å². The van der Waals surface area contributed by atoms with Gasteiger partial charge in [-0.1, -0.05) is 0 Å². The fourth-order valence-corrected chi connectivity index (χ4v) is 2.71. The quantitative estimate of drug-likeness (QED) is 0.569. The maximum absolute atomic E-state index is 12.8. The fourth-order valence-electron chi connectivity index (χ4n) is 2.71. The van der Waals surface area contributed by atoms with Crippen LogP contribution in [0.2, 0.25) is 0 Å². The summed E-state index contributed by atoms with van der Waals surface area (Å²) in [6.45, 7) is 1.28. The molecule has 0 radical (unpaired) electrons. The Labute approximate surface area is 97.6 Å². The van der Waals surface area contributed by atoms with Gasteiger partial charge >= 0.3 is 6.18 Å². The summed E-state index contributed by atoms with van der Waals surface area (Å²) in [5.41, 5.74) is 1.37. The van der Waals surface area contributed by atoms with Crippen molar-refractivity contribution in [1.82, 2.24) is 5.43 Å². The van der Waals surface area contributed by atoms with Crippen molar-refractivity contribution >= 4 is 0 Å². The summed E-state index contributed by atoms with van der Waals surface area (Å²) >= 11 is 0. The minimum absolute atomic E-state index is 0.336. The van der Waals surface area contributed by atoms with E-state index in [4.69, 9.17) is 15.3 Å². The molecule has 3 atom stereocenters. The number of nitrogens with one attached hydrogen (secondary N) is 1. The van der Waals surface area contributed by atoms with Crippen LogP contribution in [-0.4, -0.2) is 37.6 Å². The largest absolute Gasteiger partial charge is 0.405 e. The molecule has 3 unspecified atom stereocenters. The Morgan fingerprint density at radius 3 is 2.65 bits per heavy atom. The summed E-state index contributed by atoms with van der Waals surface area (Å²) in [6.07, 6.45) is -2.94. The van der Waals surface area contributed by atoms with Gasteiger partial charge in [-0.05, 0) is 18.8 Å². The van der Waals surface area contributed by atoms with Gasteiger partial charge in [-0.2, -0.15) is 13.2 Å². The molecule has 0 aromatic heterocycles. The highest BCUT2D eigenvalue weighted by atomic mass is 19.4. The summed E-state index contributed by atoms with van der Waals surface area (Å²) < 4.78 is 49.1. The zero-order chi connectivity index (χ0) is 12.5. The van der Waals surface area contributed by atoms with Crippen LogP contribution in [0.4, 0.5) is 13.2 Å². The summed E-state index contributed by atoms with van der Waals surface area (Å²) in [4.78, 5) is 0. The Morgan fingerprint density at radius 1 is 1.35 bits per heavy atom. The van der Waals surface area contributed by atoms with Crippen molar-refractivity contribution in [2.75, 3.05) is 19.8 Å². The second-order valence-corrected chi connectivity index (χ2v) is 4.77. The van der Waals surface area contributed by atoms with Gasteiger partial charge in [0.1, 0.15) is 6.04 Å². The number of alkyl halides is 3. The first-order chi connectivity index (χ1) is 7.97. The van der Waals surface area contributed by atoms with E-state index >= 15 is 0 Å². The molecule has 4 nitrogen and oxygen atoms in total. The van der Waals surface area contributed by atoms with Crippen molar-refractivity contribution in [1.29, 1.82) is 0 Å². The Morgan fingerprint density at radius 2 is 2.12 bits per heavy atom. The van der Waals surface area contributed by atoms with E-state index in [0.29, 0.717) is 39.1 Å². The van der Waals surface area contributed by atoms with Crippen LogP contribution in [0.25, 0.3) is 0 Å². The highest BCUT2D eigenvalue weighted by Gasteiger charge is 2.50. The molecule has 2 heterocycles. The van der Waals surface area contributed by atoms with Crippen LogP contribution < -0.4 is 11.3 Å². The average Bonchev–Trinajstić information content (AvgIpc) is 2.65. The maximum Gasteiger partial charge on any atom is 0.405 e. The van der Waals surface area contributed by atoms with E-state index in [9.17, 15) is 13.2 Å². The molecule has 1 spiro atoms. The molecular formula is C10H17F3N2O2. The number of rotatable bonds is 2. The Balaban J connectivity index is 2.05. The first kappa shape index (κ1) is 13.1. The topological polar surface area (TPSA) is 56.5 Å². The van der Waals surface area contributed by atoms with E-state index in [2.05, 4.69) is 0 Å². The molecule has 0 saturated carbocycles. The van der Waals surface area contributed by atoms with Gasteiger partial charge in [0.15, 0.2) is 0 Å². The first-order valence-corrected chi connectivity index (χ1v) is 5.71. The Kier molecular flexibility index (Phi) is 3.63. The second-order valence-electron chi connectivity index (χ2n) is 4.77. The lowest BCUT2D eigenvalue weighted by molar-refractivity contribution is -0.187. The number of halogens is 3. The highest BCUT2D eigenvalue weighted by molar-refractivity contribution is 4.95.